The molecule has 0 aliphatic heterocycles. The van der Waals surface area contributed by atoms with Gasteiger partial charge >= 0.3 is 12.1 Å². The number of aromatic nitrogens is 1. The Morgan fingerprint density at radius 1 is 1.03 bits per heavy atom. The van der Waals surface area contributed by atoms with E-state index in [0.29, 0.717) is 22.6 Å². The molecule has 9 heteroatoms. The van der Waals surface area contributed by atoms with Crippen LogP contribution >= 0.6 is 11.6 Å². The van der Waals surface area contributed by atoms with Crippen LogP contribution in [0.3, 0.4) is 0 Å². The first-order chi connectivity index (χ1) is 15.5. The second kappa shape index (κ2) is 9.70. The van der Waals surface area contributed by atoms with Crippen LogP contribution < -0.4 is 10.3 Å². The van der Waals surface area contributed by atoms with Gasteiger partial charge in [-0.05, 0) is 53.4 Å². The molecule has 0 saturated carbocycles. The van der Waals surface area contributed by atoms with Crippen LogP contribution in [0.1, 0.15) is 40.2 Å². The average Bonchev–Trinajstić information content (AvgIpc) is 2.75. The minimum absolute atomic E-state index is 0.0285. The lowest BCUT2D eigenvalue weighted by Crippen LogP contribution is -2.28. The molecule has 0 N–H and O–H groups in total. The van der Waals surface area contributed by atoms with Crippen molar-refractivity contribution in [2.45, 2.75) is 24.9 Å². The zero-order chi connectivity index (χ0) is 24.3. The quantitative estimate of drug-likeness (QED) is 0.403. The van der Waals surface area contributed by atoms with Crippen LogP contribution in [0.25, 0.3) is 0 Å². The molecule has 0 spiro atoms. The highest BCUT2D eigenvalue weighted by molar-refractivity contribution is 6.31. The summed E-state index contributed by atoms with van der Waals surface area (Å²) in [6.07, 6.45) is -3.36. The predicted molar refractivity (Wildman–Crippen MR) is 118 cm³/mol. The topological polar surface area (TPSA) is 57.5 Å². The fourth-order valence-corrected chi connectivity index (χ4v) is 3.94. The molecule has 0 aliphatic carbocycles. The summed E-state index contributed by atoms with van der Waals surface area (Å²) in [5.74, 6) is -2.63. The van der Waals surface area contributed by atoms with Gasteiger partial charge in [-0.15, -0.1) is 0 Å². The Morgan fingerprint density at radius 3 is 2.21 bits per heavy atom. The summed E-state index contributed by atoms with van der Waals surface area (Å²) in [5.41, 5.74) is 0.218. The third-order valence-electron chi connectivity index (χ3n) is 5.29. The number of rotatable bonds is 6. The van der Waals surface area contributed by atoms with Crippen molar-refractivity contribution in [2.75, 3.05) is 7.11 Å². The molecule has 0 aliphatic rings. The smallest absolute Gasteiger partial charge is 0.396 e. The Kier molecular flexibility index (Phi) is 7.17. The van der Waals surface area contributed by atoms with Gasteiger partial charge in [0.2, 0.25) is 5.56 Å². The van der Waals surface area contributed by atoms with E-state index in [1.54, 1.807) is 12.1 Å². The molecule has 2 unspecified atom stereocenters. The van der Waals surface area contributed by atoms with E-state index in [4.69, 9.17) is 16.3 Å². The Morgan fingerprint density at radius 2 is 1.67 bits per heavy atom. The fourth-order valence-electron chi connectivity index (χ4n) is 3.59. The number of halogens is 4. The fraction of sp³-hybridized carbons (Fsp3) is 0.250. The van der Waals surface area contributed by atoms with Crippen LogP contribution in [0, 0.1) is 0 Å². The number of methoxy groups -OCH3 is 1. The highest BCUT2D eigenvalue weighted by Crippen LogP contribution is 2.46. The standard InChI is InChI=1S/C24H21ClF3NO4/c1-14(22(24(26,27)28)16-6-11-21(30)29(2)13-16)19-10-9-18(12-20(19)25)33-17-7-4-15(5-8-17)23(31)32-3/h4-14,22H,1-3H3. The first kappa shape index (κ1) is 24.4. The van der Waals surface area contributed by atoms with E-state index in [9.17, 15) is 22.8 Å². The van der Waals surface area contributed by atoms with Crippen molar-refractivity contribution in [3.05, 3.63) is 92.9 Å². The number of pyridine rings is 1. The molecule has 2 aromatic carbocycles. The molecule has 3 aromatic rings. The third kappa shape index (κ3) is 5.57. The van der Waals surface area contributed by atoms with Crippen LogP contribution in [0.5, 0.6) is 11.5 Å². The molecule has 0 fully saturated rings. The molecule has 174 valence electrons. The van der Waals surface area contributed by atoms with Crippen LogP contribution in [0.15, 0.2) is 65.6 Å². The van der Waals surface area contributed by atoms with E-state index in [0.717, 1.165) is 10.6 Å². The summed E-state index contributed by atoms with van der Waals surface area (Å²) in [7, 11) is 2.68. The van der Waals surface area contributed by atoms with Crippen LogP contribution in [-0.4, -0.2) is 23.8 Å². The van der Waals surface area contributed by atoms with Gasteiger partial charge < -0.3 is 14.0 Å². The number of ether oxygens (including phenoxy) is 2. The number of hydrogen-bond acceptors (Lipinski definition) is 4. The zero-order valence-electron chi connectivity index (χ0n) is 18.0. The van der Waals surface area contributed by atoms with E-state index >= 15 is 0 Å². The van der Waals surface area contributed by atoms with Gasteiger partial charge in [-0.25, -0.2) is 4.79 Å². The Labute approximate surface area is 193 Å². The number of aryl methyl sites for hydroxylation is 1. The molecular formula is C24H21ClF3NO4. The molecule has 1 heterocycles. The Balaban J connectivity index is 1.87. The molecule has 1 aromatic heterocycles. The normalized spacial score (nSPS) is 13.3. The van der Waals surface area contributed by atoms with E-state index in [-0.39, 0.29) is 10.6 Å². The van der Waals surface area contributed by atoms with Crippen molar-refractivity contribution in [3.63, 3.8) is 0 Å². The second-order valence-electron chi connectivity index (χ2n) is 7.52. The van der Waals surface area contributed by atoms with Gasteiger partial charge in [0.15, 0.2) is 0 Å². The molecule has 0 bridgehead atoms. The molecule has 0 saturated heterocycles. The number of nitrogens with zero attached hydrogens (tertiary/aromatic N) is 1. The summed E-state index contributed by atoms with van der Waals surface area (Å²) < 4.78 is 53.5. The maximum atomic E-state index is 14.0. The largest absolute Gasteiger partial charge is 0.465 e. The van der Waals surface area contributed by atoms with Crippen molar-refractivity contribution < 1.29 is 27.4 Å². The predicted octanol–water partition coefficient (Wildman–Crippen LogP) is 6.07. The molecule has 5 nitrogen and oxygen atoms in total. The van der Waals surface area contributed by atoms with Gasteiger partial charge in [0.25, 0.3) is 0 Å². The molecule has 0 amide bonds. The molecule has 3 rings (SSSR count). The van der Waals surface area contributed by atoms with Gasteiger partial charge in [-0.2, -0.15) is 13.2 Å². The van der Waals surface area contributed by atoms with E-state index in [1.165, 1.54) is 63.7 Å². The number of carbonyl (C=O) groups excluding carboxylic acids is 1. The molecule has 0 radical (unpaired) electrons. The van der Waals surface area contributed by atoms with E-state index < -0.39 is 29.5 Å². The summed E-state index contributed by atoms with van der Waals surface area (Å²) >= 11 is 6.35. The minimum atomic E-state index is -4.56. The highest BCUT2D eigenvalue weighted by atomic mass is 35.5. The minimum Gasteiger partial charge on any atom is -0.465 e. The van der Waals surface area contributed by atoms with Crippen molar-refractivity contribution in [2.24, 2.45) is 7.05 Å². The molecular weight excluding hydrogens is 459 g/mol. The maximum absolute atomic E-state index is 14.0. The molecule has 33 heavy (non-hydrogen) atoms. The lowest BCUT2D eigenvalue weighted by atomic mass is 9.82. The monoisotopic (exact) mass is 479 g/mol. The number of carbonyl (C=O) groups is 1. The van der Waals surface area contributed by atoms with Crippen molar-refractivity contribution in [3.8, 4) is 11.5 Å². The van der Waals surface area contributed by atoms with Crippen LogP contribution in [0.4, 0.5) is 13.2 Å². The number of benzene rings is 2. The SMILES string of the molecule is COC(=O)c1ccc(Oc2ccc(C(C)C(c3ccc(=O)n(C)c3)C(F)(F)F)c(Cl)c2)cc1. The van der Waals surface area contributed by atoms with Crippen molar-refractivity contribution >= 4 is 17.6 Å². The third-order valence-corrected chi connectivity index (χ3v) is 5.62. The lowest BCUT2D eigenvalue weighted by molar-refractivity contribution is -0.154. The lowest BCUT2D eigenvalue weighted by Gasteiger charge is -2.28. The Bertz CT molecular complexity index is 1210. The number of hydrogen-bond donors (Lipinski definition) is 0. The molecule has 2 atom stereocenters. The van der Waals surface area contributed by atoms with Gasteiger partial charge in [0.05, 0.1) is 18.6 Å². The average molecular weight is 480 g/mol. The van der Waals surface area contributed by atoms with Gasteiger partial charge in [-0.1, -0.05) is 30.7 Å². The summed E-state index contributed by atoms with van der Waals surface area (Å²) in [6.45, 7) is 1.44. The van der Waals surface area contributed by atoms with Crippen LogP contribution in [-0.2, 0) is 11.8 Å². The van der Waals surface area contributed by atoms with Gasteiger partial charge in [-0.3, -0.25) is 4.79 Å². The van der Waals surface area contributed by atoms with Gasteiger partial charge in [0, 0.05) is 24.3 Å². The van der Waals surface area contributed by atoms with Crippen molar-refractivity contribution in [1.29, 1.82) is 0 Å². The highest BCUT2D eigenvalue weighted by Gasteiger charge is 2.45. The summed E-state index contributed by atoms with van der Waals surface area (Å²) in [4.78, 5) is 23.1. The summed E-state index contributed by atoms with van der Waals surface area (Å²) in [5, 5.41) is 0.116. The summed E-state index contributed by atoms with van der Waals surface area (Å²) in [6, 6.07) is 13.0. The van der Waals surface area contributed by atoms with Crippen LogP contribution in [0.2, 0.25) is 5.02 Å². The van der Waals surface area contributed by atoms with E-state index in [1.807, 2.05) is 0 Å². The van der Waals surface area contributed by atoms with E-state index in [2.05, 4.69) is 4.74 Å². The second-order valence-corrected chi connectivity index (χ2v) is 7.93. The van der Waals surface area contributed by atoms with Gasteiger partial charge in [0.1, 0.15) is 11.5 Å². The number of esters is 1. The first-order valence-corrected chi connectivity index (χ1v) is 10.3. The first-order valence-electron chi connectivity index (χ1n) is 9.90. The maximum Gasteiger partial charge on any atom is 0.396 e. The van der Waals surface area contributed by atoms with Crippen molar-refractivity contribution in [1.82, 2.24) is 4.57 Å². The zero-order valence-corrected chi connectivity index (χ0v) is 18.8. The number of alkyl halides is 3. The Hall–Kier alpha value is -3.26.